The monoisotopic (exact) mass is 319 g/mol. The van der Waals surface area contributed by atoms with Gasteiger partial charge in [-0.3, -0.25) is 14.9 Å². The van der Waals surface area contributed by atoms with E-state index in [9.17, 15) is 9.59 Å². The second-order valence-electron chi connectivity index (χ2n) is 5.22. The third kappa shape index (κ3) is 2.74. The van der Waals surface area contributed by atoms with Gasteiger partial charge in [-0.1, -0.05) is 23.7 Å². The van der Waals surface area contributed by atoms with Crippen molar-refractivity contribution < 1.29 is 9.59 Å². The molecule has 2 heterocycles. The summed E-state index contributed by atoms with van der Waals surface area (Å²) in [4.78, 5) is 25.2. The minimum absolute atomic E-state index is 0.121. The van der Waals surface area contributed by atoms with Crippen LogP contribution in [0, 0.1) is 6.92 Å². The molecule has 21 heavy (non-hydrogen) atoms. The standard InChI is InChI=1S/C16H14ClNO2S/c1-9-5-6-21-15(9)12-8-13(19)18-16(20)14(12)10-3-2-4-11(17)7-10/h2-7,12,14H,8H2,1H3,(H,18,19,20). The van der Waals surface area contributed by atoms with Crippen molar-refractivity contribution in [3.05, 3.63) is 56.7 Å². The summed E-state index contributed by atoms with van der Waals surface area (Å²) in [5, 5.41) is 5.04. The predicted molar refractivity (Wildman–Crippen MR) is 83.8 cm³/mol. The lowest BCUT2D eigenvalue weighted by atomic mass is 9.79. The highest BCUT2D eigenvalue weighted by atomic mass is 35.5. The zero-order valence-electron chi connectivity index (χ0n) is 11.4. The topological polar surface area (TPSA) is 46.2 Å². The number of nitrogens with one attached hydrogen (secondary N) is 1. The van der Waals surface area contributed by atoms with Gasteiger partial charge in [0.2, 0.25) is 11.8 Å². The molecule has 3 rings (SSSR count). The van der Waals surface area contributed by atoms with Crippen LogP contribution in [0.2, 0.25) is 5.02 Å². The van der Waals surface area contributed by atoms with Crippen molar-refractivity contribution in [2.45, 2.75) is 25.2 Å². The molecule has 0 bridgehead atoms. The Morgan fingerprint density at radius 1 is 1.29 bits per heavy atom. The average molecular weight is 320 g/mol. The van der Waals surface area contributed by atoms with Crippen molar-refractivity contribution in [1.82, 2.24) is 5.32 Å². The quantitative estimate of drug-likeness (QED) is 0.859. The molecular formula is C16H14ClNO2S. The Morgan fingerprint density at radius 2 is 2.10 bits per heavy atom. The highest BCUT2D eigenvalue weighted by Crippen LogP contribution is 2.42. The van der Waals surface area contributed by atoms with E-state index < -0.39 is 0 Å². The fourth-order valence-electron chi connectivity index (χ4n) is 2.86. The summed E-state index contributed by atoms with van der Waals surface area (Å²) in [7, 11) is 0. The number of hydrogen-bond donors (Lipinski definition) is 1. The highest BCUT2D eigenvalue weighted by molar-refractivity contribution is 7.10. The maximum atomic E-state index is 12.4. The molecule has 0 aliphatic carbocycles. The molecule has 3 nitrogen and oxygen atoms in total. The van der Waals surface area contributed by atoms with E-state index in [-0.39, 0.29) is 23.7 Å². The average Bonchev–Trinajstić information content (AvgIpc) is 2.84. The molecule has 2 atom stereocenters. The minimum atomic E-state index is -0.376. The van der Waals surface area contributed by atoms with Crippen LogP contribution in [-0.4, -0.2) is 11.8 Å². The summed E-state index contributed by atoms with van der Waals surface area (Å²) in [6.45, 7) is 2.01. The molecule has 1 aromatic carbocycles. The number of amides is 2. The van der Waals surface area contributed by atoms with Gasteiger partial charge in [0, 0.05) is 22.2 Å². The van der Waals surface area contributed by atoms with E-state index in [1.54, 1.807) is 23.5 Å². The lowest BCUT2D eigenvalue weighted by molar-refractivity contribution is -0.135. The fourth-order valence-corrected chi connectivity index (χ4v) is 4.12. The first-order valence-electron chi connectivity index (χ1n) is 6.69. The van der Waals surface area contributed by atoms with Crippen molar-refractivity contribution in [2.24, 2.45) is 0 Å². The second-order valence-corrected chi connectivity index (χ2v) is 6.61. The zero-order chi connectivity index (χ0) is 15.0. The van der Waals surface area contributed by atoms with Gasteiger partial charge in [-0.15, -0.1) is 11.3 Å². The van der Waals surface area contributed by atoms with Gasteiger partial charge in [0.05, 0.1) is 5.92 Å². The van der Waals surface area contributed by atoms with Crippen molar-refractivity contribution in [2.75, 3.05) is 0 Å². The number of carbonyl (C=O) groups is 2. The Labute approximate surface area is 131 Å². The number of aryl methyl sites for hydroxylation is 1. The molecule has 2 aromatic rings. The van der Waals surface area contributed by atoms with Gasteiger partial charge in [0.1, 0.15) is 0 Å². The first-order valence-corrected chi connectivity index (χ1v) is 7.95. The highest BCUT2D eigenvalue weighted by Gasteiger charge is 2.39. The fraction of sp³-hybridized carbons (Fsp3) is 0.250. The number of halogens is 1. The molecule has 2 unspecified atom stereocenters. The summed E-state index contributed by atoms with van der Waals surface area (Å²) in [5.74, 6) is -0.953. The molecule has 0 radical (unpaired) electrons. The minimum Gasteiger partial charge on any atom is -0.296 e. The number of imide groups is 1. The Bertz CT molecular complexity index is 710. The van der Waals surface area contributed by atoms with E-state index in [1.807, 2.05) is 30.5 Å². The van der Waals surface area contributed by atoms with Gasteiger partial charge in [0.25, 0.3) is 0 Å². The van der Waals surface area contributed by atoms with E-state index in [0.717, 1.165) is 16.0 Å². The van der Waals surface area contributed by atoms with Gasteiger partial charge in [-0.2, -0.15) is 0 Å². The predicted octanol–water partition coefficient (Wildman–Crippen LogP) is 3.62. The molecule has 1 N–H and O–H groups in total. The first kappa shape index (κ1) is 14.3. The van der Waals surface area contributed by atoms with Crippen LogP contribution < -0.4 is 5.32 Å². The van der Waals surface area contributed by atoms with E-state index in [1.165, 1.54) is 0 Å². The van der Waals surface area contributed by atoms with Gasteiger partial charge in [-0.05, 0) is 41.6 Å². The molecule has 5 heteroatoms. The summed E-state index contributed by atoms with van der Waals surface area (Å²) in [6.07, 6.45) is 0.324. The van der Waals surface area contributed by atoms with Crippen molar-refractivity contribution >= 4 is 34.8 Å². The van der Waals surface area contributed by atoms with Crippen molar-refractivity contribution in [3.63, 3.8) is 0 Å². The summed E-state index contributed by atoms with van der Waals surface area (Å²) >= 11 is 7.65. The van der Waals surface area contributed by atoms with Crippen LogP contribution in [0.25, 0.3) is 0 Å². The maximum Gasteiger partial charge on any atom is 0.234 e. The Morgan fingerprint density at radius 3 is 2.76 bits per heavy atom. The molecule has 2 amide bonds. The molecule has 1 aliphatic heterocycles. The lowest BCUT2D eigenvalue weighted by Crippen LogP contribution is -2.43. The van der Waals surface area contributed by atoms with Crippen LogP contribution in [0.4, 0.5) is 0 Å². The second kappa shape index (κ2) is 5.62. The molecule has 1 aliphatic rings. The van der Waals surface area contributed by atoms with Gasteiger partial charge in [0.15, 0.2) is 0 Å². The van der Waals surface area contributed by atoms with E-state index >= 15 is 0 Å². The van der Waals surface area contributed by atoms with Crippen LogP contribution in [-0.2, 0) is 9.59 Å². The van der Waals surface area contributed by atoms with E-state index in [0.29, 0.717) is 11.4 Å². The van der Waals surface area contributed by atoms with Crippen LogP contribution in [0.3, 0.4) is 0 Å². The molecule has 1 fully saturated rings. The zero-order valence-corrected chi connectivity index (χ0v) is 13.0. The van der Waals surface area contributed by atoms with E-state index in [2.05, 4.69) is 5.32 Å². The third-order valence-corrected chi connectivity index (χ3v) is 5.18. The van der Waals surface area contributed by atoms with E-state index in [4.69, 9.17) is 11.6 Å². The first-order chi connectivity index (χ1) is 10.1. The number of hydrogen-bond acceptors (Lipinski definition) is 3. The lowest BCUT2D eigenvalue weighted by Gasteiger charge is -2.30. The van der Waals surface area contributed by atoms with Gasteiger partial charge >= 0.3 is 0 Å². The van der Waals surface area contributed by atoms with Crippen molar-refractivity contribution in [1.29, 1.82) is 0 Å². The molecule has 108 valence electrons. The normalized spacial score (nSPS) is 22.2. The Balaban J connectivity index is 2.07. The molecule has 1 saturated heterocycles. The number of carbonyl (C=O) groups excluding carboxylic acids is 2. The Hall–Kier alpha value is -1.65. The smallest absolute Gasteiger partial charge is 0.234 e. The van der Waals surface area contributed by atoms with Gasteiger partial charge < -0.3 is 0 Å². The molecule has 0 saturated carbocycles. The van der Waals surface area contributed by atoms with Crippen LogP contribution in [0.1, 0.15) is 34.3 Å². The van der Waals surface area contributed by atoms with Crippen molar-refractivity contribution in [3.8, 4) is 0 Å². The molecule has 1 aromatic heterocycles. The maximum absolute atomic E-state index is 12.4. The summed E-state index contributed by atoms with van der Waals surface area (Å²) in [6, 6.07) is 9.33. The van der Waals surface area contributed by atoms with Crippen LogP contribution in [0.5, 0.6) is 0 Å². The van der Waals surface area contributed by atoms with Gasteiger partial charge in [-0.25, -0.2) is 0 Å². The Kier molecular flexibility index (Phi) is 3.83. The summed E-state index contributed by atoms with van der Waals surface area (Å²) in [5.41, 5.74) is 1.98. The molecule has 0 spiro atoms. The number of rotatable bonds is 2. The SMILES string of the molecule is Cc1ccsc1C1CC(=O)NC(=O)C1c1cccc(Cl)c1. The number of thiophene rings is 1. The number of benzene rings is 1. The largest absolute Gasteiger partial charge is 0.296 e. The van der Waals surface area contributed by atoms with Crippen LogP contribution >= 0.6 is 22.9 Å². The third-order valence-electron chi connectivity index (χ3n) is 3.80. The summed E-state index contributed by atoms with van der Waals surface area (Å²) < 4.78 is 0. The number of piperidine rings is 1. The molecular weight excluding hydrogens is 306 g/mol. The van der Waals surface area contributed by atoms with Crippen LogP contribution in [0.15, 0.2) is 35.7 Å².